The summed E-state index contributed by atoms with van der Waals surface area (Å²) in [6.07, 6.45) is 0. The number of urea groups is 1. The molecule has 1 aromatic rings. The number of hydrogen-bond donors (Lipinski definition) is 0. The van der Waals surface area contributed by atoms with E-state index >= 15 is 0 Å². The van der Waals surface area contributed by atoms with Gasteiger partial charge in [0.05, 0.1) is 6.54 Å². The lowest BCUT2D eigenvalue weighted by Gasteiger charge is -2.18. The van der Waals surface area contributed by atoms with Crippen LogP contribution >= 0.6 is 0 Å². The van der Waals surface area contributed by atoms with Crippen LogP contribution in [0.3, 0.4) is 0 Å². The van der Waals surface area contributed by atoms with Gasteiger partial charge in [-0.25, -0.2) is 9.69 Å². The zero-order valence-corrected chi connectivity index (χ0v) is 13.0. The second kappa shape index (κ2) is 5.71. The average molecular weight is 302 g/mol. The van der Waals surface area contributed by atoms with Gasteiger partial charge >= 0.3 is 17.8 Å². The maximum absolute atomic E-state index is 12.4. The number of rotatable bonds is 4. The molecule has 6 heteroatoms. The Morgan fingerprint density at radius 2 is 1.73 bits per heavy atom. The molecule has 0 N–H and O–H groups in total. The van der Waals surface area contributed by atoms with Crippen LogP contribution in [-0.2, 0) is 9.59 Å². The molecule has 0 bridgehead atoms. The van der Waals surface area contributed by atoms with Crippen molar-refractivity contribution in [3.05, 3.63) is 34.9 Å². The molecule has 6 nitrogen and oxygen atoms in total. The Bertz CT molecular complexity index is 679. The molecule has 4 amide bonds. The van der Waals surface area contributed by atoms with E-state index < -0.39 is 30.4 Å². The van der Waals surface area contributed by atoms with Gasteiger partial charge in [-0.1, -0.05) is 17.7 Å². The zero-order chi connectivity index (χ0) is 16.6. The summed E-state index contributed by atoms with van der Waals surface area (Å²) in [5.74, 6) is -2.19. The highest BCUT2D eigenvalue weighted by Gasteiger charge is 2.46. The zero-order valence-electron chi connectivity index (χ0n) is 13.0. The molecule has 0 aromatic heterocycles. The SMILES string of the molecule is Cc1ccc(C)c(C(=O)CN2C(=O)C(=O)N(C(C)C)C2=O)c1. The molecule has 2 rings (SSSR count). The van der Waals surface area contributed by atoms with Crippen molar-refractivity contribution in [3.8, 4) is 0 Å². The van der Waals surface area contributed by atoms with Crippen molar-refractivity contribution in [2.75, 3.05) is 6.54 Å². The number of carbonyl (C=O) groups is 4. The molecule has 1 heterocycles. The van der Waals surface area contributed by atoms with Gasteiger partial charge in [0, 0.05) is 11.6 Å². The van der Waals surface area contributed by atoms with Gasteiger partial charge in [0.25, 0.3) is 0 Å². The minimum Gasteiger partial charge on any atom is -0.292 e. The highest BCUT2D eigenvalue weighted by molar-refractivity contribution is 6.45. The lowest BCUT2D eigenvalue weighted by Crippen LogP contribution is -2.39. The van der Waals surface area contributed by atoms with E-state index in [1.54, 1.807) is 26.8 Å². The third kappa shape index (κ3) is 2.64. The van der Waals surface area contributed by atoms with Crippen LogP contribution in [0.15, 0.2) is 18.2 Å². The van der Waals surface area contributed by atoms with Gasteiger partial charge in [-0.05, 0) is 39.3 Å². The summed E-state index contributed by atoms with van der Waals surface area (Å²) < 4.78 is 0. The molecule has 0 atom stereocenters. The van der Waals surface area contributed by atoms with E-state index in [9.17, 15) is 19.2 Å². The number of ketones is 1. The summed E-state index contributed by atoms with van der Waals surface area (Å²) in [7, 11) is 0. The van der Waals surface area contributed by atoms with Crippen molar-refractivity contribution < 1.29 is 19.2 Å². The number of nitrogens with zero attached hydrogens (tertiary/aromatic N) is 2. The quantitative estimate of drug-likeness (QED) is 0.482. The first-order valence-corrected chi connectivity index (χ1v) is 7.03. The average Bonchev–Trinajstić information content (AvgIpc) is 2.65. The molecule has 0 radical (unpaired) electrons. The maximum atomic E-state index is 12.4. The summed E-state index contributed by atoms with van der Waals surface area (Å²) in [5.41, 5.74) is 2.13. The van der Waals surface area contributed by atoms with Crippen molar-refractivity contribution in [1.29, 1.82) is 0 Å². The first-order chi connectivity index (χ1) is 10.2. The van der Waals surface area contributed by atoms with Crippen molar-refractivity contribution in [2.24, 2.45) is 0 Å². The molecular formula is C16H18N2O4. The molecule has 0 saturated carbocycles. The number of carbonyl (C=O) groups excluding carboxylic acids is 4. The van der Waals surface area contributed by atoms with E-state index in [1.165, 1.54) is 0 Å². The molecule has 0 unspecified atom stereocenters. The van der Waals surface area contributed by atoms with Gasteiger partial charge in [0.2, 0.25) is 0 Å². The molecule has 0 aliphatic carbocycles. The third-order valence-corrected chi connectivity index (χ3v) is 3.60. The third-order valence-electron chi connectivity index (χ3n) is 3.60. The summed E-state index contributed by atoms with van der Waals surface area (Å²) in [5, 5.41) is 0. The smallest absolute Gasteiger partial charge is 0.292 e. The van der Waals surface area contributed by atoms with Crippen molar-refractivity contribution in [1.82, 2.24) is 9.80 Å². The normalized spacial score (nSPS) is 15.2. The Kier molecular flexibility index (Phi) is 4.12. The summed E-state index contributed by atoms with van der Waals surface area (Å²) in [6.45, 7) is 6.49. The fourth-order valence-electron chi connectivity index (χ4n) is 2.38. The molecule has 0 spiro atoms. The number of imide groups is 2. The van der Waals surface area contributed by atoms with Crippen LogP contribution in [-0.4, -0.2) is 46.0 Å². The molecule has 1 fully saturated rings. The number of benzene rings is 1. The van der Waals surface area contributed by atoms with E-state index in [-0.39, 0.29) is 5.78 Å². The van der Waals surface area contributed by atoms with E-state index in [4.69, 9.17) is 0 Å². The lowest BCUT2D eigenvalue weighted by atomic mass is 10.0. The van der Waals surface area contributed by atoms with E-state index in [1.807, 2.05) is 19.1 Å². The van der Waals surface area contributed by atoms with E-state index in [0.717, 1.165) is 16.0 Å². The standard InChI is InChI=1S/C16H18N2O4/c1-9(2)18-15(21)14(20)17(16(18)22)8-13(19)12-7-10(3)5-6-11(12)4/h5-7,9H,8H2,1-4H3. The largest absolute Gasteiger partial charge is 0.334 e. The fraction of sp³-hybridized carbons (Fsp3) is 0.375. The summed E-state index contributed by atoms with van der Waals surface area (Å²) in [4.78, 5) is 49.8. The van der Waals surface area contributed by atoms with Crippen LogP contribution in [0, 0.1) is 13.8 Å². The summed E-state index contributed by atoms with van der Waals surface area (Å²) in [6, 6.07) is 4.24. The highest BCUT2D eigenvalue weighted by Crippen LogP contribution is 2.17. The Morgan fingerprint density at radius 3 is 2.27 bits per heavy atom. The van der Waals surface area contributed by atoms with Crippen LogP contribution in [0.1, 0.15) is 35.3 Å². The van der Waals surface area contributed by atoms with Crippen molar-refractivity contribution in [3.63, 3.8) is 0 Å². The Labute approximate surface area is 128 Å². The molecule has 1 aliphatic rings. The first-order valence-electron chi connectivity index (χ1n) is 7.03. The van der Waals surface area contributed by atoms with Gasteiger partial charge < -0.3 is 0 Å². The van der Waals surface area contributed by atoms with E-state index in [2.05, 4.69) is 0 Å². The molecule has 1 saturated heterocycles. The van der Waals surface area contributed by atoms with E-state index in [0.29, 0.717) is 10.5 Å². The molecule has 22 heavy (non-hydrogen) atoms. The Hall–Kier alpha value is -2.50. The van der Waals surface area contributed by atoms with Gasteiger partial charge in [-0.3, -0.25) is 19.3 Å². The molecule has 1 aromatic carbocycles. The second-order valence-corrected chi connectivity index (χ2v) is 5.68. The van der Waals surface area contributed by atoms with Crippen molar-refractivity contribution in [2.45, 2.75) is 33.7 Å². The van der Waals surface area contributed by atoms with Gasteiger partial charge in [-0.2, -0.15) is 0 Å². The van der Waals surface area contributed by atoms with Crippen LogP contribution in [0.4, 0.5) is 4.79 Å². The topological polar surface area (TPSA) is 74.8 Å². The van der Waals surface area contributed by atoms with Crippen LogP contribution in [0.2, 0.25) is 0 Å². The maximum Gasteiger partial charge on any atom is 0.334 e. The van der Waals surface area contributed by atoms with Crippen LogP contribution < -0.4 is 0 Å². The number of hydrogen-bond acceptors (Lipinski definition) is 4. The highest BCUT2D eigenvalue weighted by atomic mass is 16.2. The van der Waals surface area contributed by atoms with Gasteiger partial charge in [0.1, 0.15) is 0 Å². The molecule has 116 valence electrons. The number of amides is 4. The second-order valence-electron chi connectivity index (χ2n) is 5.68. The minimum atomic E-state index is -0.947. The Balaban J connectivity index is 2.25. The predicted octanol–water partition coefficient (Wildman–Crippen LogP) is 1.69. The number of aryl methyl sites for hydroxylation is 2. The van der Waals surface area contributed by atoms with Crippen molar-refractivity contribution >= 4 is 23.6 Å². The fourth-order valence-corrected chi connectivity index (χ4v) is 2.38. The van der Waals surface area contributed by atoms with Crippen LogP contribution in [0.5, 0.6) is 0 Å². The van der Waals surface area contributed by atoms with Gasteiger partial charge in [-0.15, -0.1) is 0 Å². The predicted molar refractivity (Wildman–Crippen MR) is 79.3 cm³/mol. The number of Topliss-reactive ketones (excluding diaryl/α,β-unsaturated/α-hetero) is 1. The monoisotopic (exact) mass is 302 g/mol. The van der Waals surface area contributed by atoms with Gasteiger partial charge in [0.15, 0.2) is 5.78 Å². The molecular weight excluding hydrogens is 284 g/mol. The molecule has 1 aliphatic heterocycles. The minimum absolute atomic E-state index is 0.360. The first kappa shape index (κ1) is 15.9. The lowest BCUT2D eigenvalue weighted by molar-refractivity contribution is -0.143. The Morgan fingerprint density at radius 1 is 1.09 bits per heavy atom. The van der Waals surface area contributed by atoms with Crippen LogP contribution in [0.25, 0.3) is 0 Å². The summed E-state index contributed by atoms with van der Waals surface area (Å²) >= 11 is 0.